The average Bonchev–Trinajstić information content (AvgIpc) is 3.43. The third kappa shape index (κ3) is 3.52. The summed E-state index contributed by atoms with van der Waals surface area (Å²) in [5.74, 6) is 0.0595. The fourth-order valence-electron chi connectivity index (χ4n) is 5.14. The largest absolute Gasteiger partial charge is 0.477 e. The molecule has 2 atom stereocenters. The Morgan fingerprint density at radius 1 is 1.35 bits per heavy atom. The number of aryl methyl sites for hydroxylation is 2. The highest BCUT2D eigenvalue weighted by Gasteiger charge is 2.34. The summed E-state index contributed by atoms with van der Waals surface area (Å²) < 4.78 is 32.9. The molecule has 0 saturated carbocycles. The maximum absolute atomic E-state index is 13.4. The van der Waals surface area contributed by atoms with Crippen molar-refractivity contribution in [3.8, 4) is 5.88 Å². The predicted molar refractivity (Wildman–Crippen MR) is 115 cm³/mol. The van der Waals surface area contributed by atoms with E-state index in [9.17, 15) is 9.00 Å². The number of carbonyl (C=O) groups excluding carboxylic acids is 1. The van der Waals surface area contributed by atoms with Gasteiger partial charge in [0.15, 0.2) is 10.6 Å². The zero-order chi connectivity index (χ0) is 21.8. The molecule has 2 heterocycles. The highest BCUT2D eigenvalue weighted by molar-refractivity contribution is 7.90. The van der Waals surface area contributed by atoms with Crippen LogP contribution in [0.4, 0.5) is 5.69 Å². The fourth-order valence-corrected chi connectivity index (χ4v) is 5.99. The van der Waals surface area contributed by atoms with Gasteiger partial charge in [-0.15, -0.1) is 0 Å². The molecule has 0 spiro atoms. The number of methoxy groups -OCH3 is 1. The summed E-state index contributed by atoms with van der Waals surface area (Å²) in [6.07, 6.45) is 5.47. The third-order valence-corrected chi connectivity index (χ3v) is 7.35. The van der Waals surface area contributed by atoms with Crippen LogP contribution in [0.5, 0.6) is 5.88 Å². The zero-order valence-electron chi connectivity index (χ0n) is 17.5. The number of nitrogens with two attached hydrogens (primary N) is 1. The molecule has 31 heavy (non-hydrogen) atoms. The number of benzene rings is 1. The lowest BCUT2D eigenvalue weighted by atomic mass is 9.98. The summed E-state index contributed by atoms with van der Waals surface area (Å²) in [4.78, 5) is 13.3. The smallest absolute Gasteiger partial charge is 0.277 e. The lowest BCUT2D eigenvalue weighted by Crippen LogP contribution is -2.21. The van der Waals surface area contributed by atoms with Crippen LogP contribution in [-0.2, 0) is 46.9 Å². The summed E-state index contributed by atoms with van der Waals surface area (Å²) in [6.45, 7) is 1.62. The molecule has 1 amide bonds. The minimum Gasteiger partial charge on any atom is -0.477 e. The number of ether oxygens (including phenoxy) is 2. The van der Waals surface area contributed by atoms with Crippen LogP contribution >= 0.6 is 0 Å². The van der Waals surface area contributed by atoms with Crippen molar-refractivity contribution in [1.29, 1.82) is 4.78 Å². The minimum atomic E-state index is -3.69. The Hall–Kier alpha value is -2.43. The van der Waals surface area contributed by atoms with Crippen molar-refractivity contribution in [2.45, 2.75) is 50.0 Å². The van der Waals surface area contributed by atoms with Crippen LogP contribution in [0.25, 0.3) is 0 Å². The highest BCUT2D eigenvalue weighted by Crippen LogP contribution is 2.41. The van der Waals surface area contributed by atoms with E-state index in [0.29, 0.717) is 25.7 Å². The Kier molecular flexibility index (Phi) is 5.03. The zero-order valence-corrected chi connectivity index (χ0v) is 18.3. The second-order valence-corrected chi connectivity index (χ2v) is 10.2. The second kappa shape index (κ2) is 7.61. The Morgan fingerprint density at radius 2 is 2.19 bits per heavy atom. The molecule has 166 valence electrons. The topological polar surface area (TPSA) is 132 Å². The number of hydrogen-bond donors (Lipinski definition) is 3. The first-order valence-electron chi connectivity index (χ1n) is 10.6. The van der Waals surface area contributed by atoms with E-state index in [0.717, 1.165) is 49.8 Å². The van der Waals surface area contributed by atoms with E-state index in [2.05, 4.69) is 16.5 Å². The Morgan fingerprint density at radius 3 is 2.97 bits per heavy atom. The van der Waals surface area contributed by atoms with Crippen LogP contribution in [0.2, 0.25) is 0 Å². The van der Waals surface area contributed by atoms with Crippen LogP contribution in [0.1, 0.15) is 45.6 Å². The predicted octanol–water partition coefficient (Wildman–Crippen LogP) is 2.05. The second-order valence-electron chi connectivity index (χ2n) is 8.57. The van der Waals surface area contributed by atoms with Gasteiger partial charge in [-0.25, -0.2) is 18.8 Å². The summed E-state index contributed by atoms with van der Waals surface area (Å²) in [5.41, 5.74) is 5.62. The molecule has 2 aromatic rings. The quantitative estimate of drug-likeness (QED) is 0.648. The van der Waals surface area contributed by atoms with Gasteiger partial charge in [0.05, 0.1) is 6.61 Å². The molecule has 0 saturated heterocycles. The number of aromatic nitrogens is 2. The molecule has 9 nitrogen and oxygen atoms in total. The number of anilines is 1. The van der Waals surface area contributed by atoms with Crippen LogP contribution < -0.4 is 15.2 Å². The fraction of sp³-hybridized carbons (Fsp3) is 0.524. The van der Waals surface area contributed by atoms with Crippen molar-refractivity contribution in [3.05, 3.63) is 34.0 Å². The van der Waals surface area contributed by atoms with Gasteiger partial charge in [0.1, 0.15) is 9.92 Å². The van der Waals surface area contributed by atoms with Gasteiger partial charge in [-0.05, 0) is 60.3 Å². The molecule has 0 bridgehead atoms. The average molecular weight is 446 g/mol. The Balaban J connectivity index is 1.55. The van der Waals surface area contributed by atoms with Gasteiger partial charge in [-0.3, -0.25) is 4.79 Å². The van der Waals surface area contributed by atoms with Crippen LogP contribution in [0.15, 0.2) is 11.0 Å². The number of amides is 1. The van der Waals surface area contributed by atoms with Crippen molar-refractivity contribution in [3.63, 3.8) is 0 Å². The SMILES string of the molecule is COC[C@@H]1Cc2cc3c(c(NC(=O)c4nn5c(c4S(=N)(N)=O)OCCC5)c2C1)CCC3. The molecule has 5 rings (SSSR count). The van der Waals surface area contributed by atoms with E-state index < -0.39 is 15.8 Å². The third-order valence-electron chi connectivity index (χ3n) is 6.38. The monoisotopic (exact) mass is 445 g/mol. The first kappa shape index (κ1) is 20.5. The van der Waals surface area contributed by atoms with Gasteiger partial charge in [0.25, 0.3) is 5.91 Å². The molecule has 1 aromatic heterocycles. The van der Waals surface area contributed by atoms with Gasteiger partial charge in [0.2, 0.25) is 5.88 Å². The number of carbonyl (C=O) groups is 1. The number of rotatable bonds is 5. The van der Waals surface area contributed by atoms with Gasteiger partial charge >= 0.3 is 0 Å². The van der Waals surface area contributed by atoms with Crippen molar-refractivity contribution < 1.29 is 18.5 Å². The molecule has 10 heteroatoms. The standard InChI is InChI=1S/C21H27N5O4S/c1-29-11-12-8-14-10-13-4-2-5-15(13)17(16(14)9-12)24-20(27)18-19(31(22,23)28)21-26(25-18)6-3-7-30-21/h10,12H,2-9,11H2,1H3,(H,24,27)(H3,22,23,28)/t12-/m1/s1. The molecular formula is C21H27N5O4S. The molecule has 1 aromatic carbocycles. The lowest BCUT2D eigenvalue weighted by Gasteiger charge is -2.16. The summed E-state index contributed by atoms with van der Waals surface area (Å²) in [5, 5.41) is 13.0. The molecule has 0 fully saturated rings. The molecular weight excluding hydrogens is 418 g/mol. The van der Waals surface area contributed by atoms with Crippen LogP contribution in [0, 0.1) is 10.7 Å². The highest BCUT2D eigenvalue weighted by atomic mass is 32.2. The molecule has 1 unspecified atom stereocenters. The van der Waals surface area contributed by atoms with Gasteiger partial charge < -0.3 is 14.8 Å². The summed E-state index contributed by atoms with van der Waals surface area (Å²) in [6, 6.07) is 2.29. The first-order chi connectivity index (χ1) is 14.9. The maximum atomic E-state index is 13.4. The number of nitrogens with zero attached hydrogens (tertiary/aromatic N) is 2. The van der Waals surface area contributed by atoms with E-state index in [1.165, 1.54) is 21.4 Å². The van der Waals surface area contributed by atoms with Gasteiger partial charge in [-0.2, -0.15) is 5.10 Å². The number of fused-ring (bicyclic) bond motifs is 3. The Bertz CT molecular complexity index is 1170. The van der Waals surface area contributed by atoms with Crippen molar-refractivity contribution >= 4 is 21.5 Å². The maximum Gasteiger partial charge on any atom is 0.277 e. The minimum absolute atomic E-state index is 0.0878. The van der Waals surface area contributed by atoms with Crippen molar-refractivity contribution in [1.82, 2.24) is 9.78 Å². The van der Waals surface area contributed by atoms with E-state index >= 15 is 0 Å². The van der Waals surface area contributed by atoms with Crippen molar-refractivity contribution in [2.75, 3.05) is 25.6 Å². The van der Waals surface area contributed by atoms with Gasteiger partial charge in [-0.1, -0.05) is 6.07 Å². The summed E-state index contributed by atoms with van der Waals surface area (Å²) >= 11 is 0. The molecule has 0 radical (unpaired) electrons. The molecule has 4 N–H and O–H groups in total. The number of hydrogen-bond acceptors (Lipinski definition) is 6. The first-order valence-corrected chi connectivity index (χ1v) is 12.3. The van der Waals surface area contributed by atoms with E-state index in [1.807, 2.05) is 0 Å². The van der Waals surface area contributed by atoms with Crippen LogP contribution in [-0.4, -0.2) is 40.2 Å². The number of nitrogens with one attached hydrogen (secondary N) is 2. The van der Waals surface area contributed by atoms with Crippen LogP contribution in [0.3, 0.4) is 0 Å². The molecule has 1 aliphatic heterocycles. The van der Waals surface area contributed by atoms with Gasteiger partial charge in [0, 0.05) is 32.4 Å². The molecule has 2 aliphatic carbocycles. The Labute approximate surface area is 181 Å². The normalized spacial score (nSPS) is 21.0. The van der Waals surface area contributed by atoms with E-state index in [-0.39, 0.29) is 16.5 Å². The van der Waals surface area contributed by atoms with E-state index in [1.54, 1.807) is 7.11 Å². The lowest BCUT2D eigenvalue weighted by molar-refractivity contribution is 0.101. The van der Waals surface area contributed by atoms with Crippen molar-refractivity contribution in [2.24, 2.45) is 11.1 Å². The molecule has 3 aliphatic rings. The summed E-state index contributed by atoms with van der Waals surface area (Å²) in [7, 11) is -1.98. The van der Waals surface area contributed by atoms with E-state index in [4.69, 9.17) is 19.4 Å².